The fourth-order valence-electron chi connectivity index (χ4n) is 3.59. The Morgan fingerprint density at radius 2 is 1.76 bits per heavy atom. The minimum atomic E-state index is -0.313. The first-order valence-corrected chi connectivity index (χ1v) is 10.8. The van der Waals surface area contributed by atoms with Gasteiger partial charge in [0.2, 0.25) is 4.96 Å². The second kappa shape index (κ2) is 6.89. The Morgan fingerprint density at radius 1 is 1.03 bits per heavy atom. The molecule has 144 valence electrons. The normalized spacial score (nSPS) is 15.4. The van der Waals surface area contributed by atoms with E-state index in [-0.39, 0.29) is 11.5 Å². The number of carbonyl (C=O) groups is 1. The summed E-state index contributed by atoms with van der Waals surface area (Å²) >= 11 is 4.70. The van der Waals surface area contributed by atoms with Crippen LogP contribution in [0.2, 0.25) is 0 Å². The maximum absolute atomic E-state index is 13.1. The van der Waals surface area contributed by atoms with Crippen molar-refractivity contribution in [3.8, 4) is 11.4 Å². The fourth-order valence-corrected chi connectivity index (χ4v) is 5.05. The summed E-state index contributed by atoms with van der Waals surface area (Å²) in [7, 11) is 0. The first-order valence-electron chi connectivity index (χ1n) is 9.20. The summed E-state index contributed by atoms with van der Waals surface area (Å²) < 4.78 is 2.53. The number of carbonyl (C=O) groups excluding carboxylic acids is 1. The van der Waals surface area contributed by atoms with Crippen molar-refractivity contribution >= 4 is 49.4 Å². The molecule has 2 aromatic heterocycles. The smallest absolute Gasteiger partial charge is 0.291 e. The van der Waals surface area contributed by atoms with Crippen molar-refractivity contribution in [1.29, 1.82) is 0 Å². The number of benzene rings is 2. The zero-order valence-electron chi connectivity index (χ0n) is 15.4. The van der Waals surface area contributed by atoms with Crippen molar-refractivity contribution in [3.63, 3.8) is 0 Å². The van der Waals surface area contributed by atoms with E-state index in [1.165, 1.54) is 15.9 Å². The molecule has 0 saturated heterocycles. The van der Waals surface area contributed by atoms with Crippen LogP contribution in [0.15, 0.2) is 57.8 Å². The van der Waals surface area contributed by atoms with E-state index in [0.717, 1.165) is 27.7 Å². The Kier molecular flexibility index (Phi) is 4.33. The van der Waals surface area contributed by atoms with Gasteiger partial charge in [-0.25, -0.2) is 0 Å². The molecule has 1 aliphatic heterocycles. The zero-order chi connectivity index (χ0) is 20.1. The molecule has 0 fully saturated rings. The number of para-hydroxylation sites is 1. The van der Waals surface area contributed by atoms with Crippen LogP contribution in [0.4, 0.5) is 5.69 Å². The molecule has 6 nitrogen and oxygen atoms in total. The second-order valence-electron chi connectivity index (χ2n) is 6.69. The van der Waals surface area contributed by atoms with Crippen LogP contribution in [0, 0.1) is 0 Å². The van der Waals surface area contributed by atoms with Gasteiger partial charge in [0.05, 0.1) is 11.3 Å². The van der Waals surface area contributed by atoms with Crippen molar-refractivity contribution in [2.75, 3.05) is 11.4 Å². The zero-order valence-corrected chi connectivity index (χ0v) is 17.8. The Bertz CT molecular complexity index is 1390. The Labute approximate surface area is 178 Å². The number of hydrogen-bond donors (Lipinski definition) is 0. The molecule has 0 aliphatic carbocycles. The van der Waals surface area contributed by atoms with E-state index in [2.05, 4.69) is 26.0 Å². The Balaban J connectivity index is 1.74. The minimum Gasteiger partial charge on any atom is -0.308 e. The second-order valence-corrected chi connectivity index (χ2v) is 8.53. The molecular formula is C21H15BrN4O2S. The third-order valence-electron chi connectivity index (χ3n) is 4.87. The molecule has 29 heavy (non-hydrogen) atoms. The molecule has 0 saturated carbocycles. The molecule has 1 aliphatic rings. The molecule has 5 rings (SSSR count). The Hall–Kier alpha value is -2.84. The van der Waals surface area contributed by atoms with Crippen molar-refractivity contribution in [2.24, 2.45) is 0 Å². The highest BCUT2D eigenvalue weighted by molar-refractivity contribution is 9.10. The van der Waals surface area contributed by atoms with Crippen LogP contribution < -0.4 is 15.0 Å². The number of aromatic nitrogens is 3. The van der Waals surface area contributed by atoms with Gasteiger partial charge in [-0.3, -0.25) is 9.59 Å². The summed E-state index contributed by atoms with van der Waals surface area (Å²) in [5.41, 5.74) is 2.58. The average Bonchev–Trinajstić information content (AvgIpc) is 3.35. The molecule has 2 aromatic carbocycles. The maximum Gasteiger partial charge on any atom is 0.291 e. The van der Waals surface area contributed by atoms with Crippen molar-refractivity contribution < 1.29 is 4.79 Å². The van der Waals surface area contributed by atoms with E-state index in [1.807, 2.05) is 55.5 Å². The van der Waals surface area contributed by atoms with Crippen LogP contribution in [0.5, 0.6) is 0 Å². The lowest BCUT2D eigenvalue weighted by Crippen LogP contribution is -2.32. The first-order chi connectivity index (χ1) is 14.1. The molecule has 8 heteroatoms. The number of nitrogens with zero attached hydrogens (tertiary/aromatic N) is 4. The summed E-state index contributed by atoms with van der Waals surface area (Å²) in [4.78, 5) is 33.0. The highest BCUT2D eigenvalue weighted by Gasteiger charge is 2.33. The van der Waals surface area contributed by atoms with E-state index >= 15 is 0 Å². The quantitative estimate of drug-likeness (QED) is 0.464. The number of rotatable bonds is 3. The molecule has 0 unspecified atom stereocenters. The molecule has 0 radical (unpaired) electrons. The van der Waals surface area contributed by atoms with E-state index in [9.17, 15) is 9.59 Å². The lowest BCUT2D eigenvalue weighted by Gasteiger charge is -2.15. The summed E-state index contributed by atoms with van der Waals surface area (Å²) in [6.07, 6.45) is 0.836. The van der Waals surface area contributed by atoms with E-state index in [0.29, 0.717) is 27.4 Å². The van der Waals surface area contributed by atoms with Gasteiger partial charge in [-0.05, 0) is 24.6 Å². The minimum absolute atomic E-state index is 0.138. The highest BCUT2D eigenvalue weighted by Crippen LogP contribution is 2.35. The molecule has 0 spiro atoms. The van der Waals surface area contributed by atoms with E-state index in [4.69, 9.17) is 0 Å². The maximum atomic E-state index is 13.1. The van der Waals surface area contributed by atoms with Gasteiger partial charge >= 0.3 is 0 Å². The van der Waals surface area contributed by atoms with Gasteiger partial charge in [0, 0.05) is 22.1 Å². The first kappa shape index (κ1) is 18.2. The lowest BCUT2D eigenvalue weighted by atomic mass is 10.1. The molecule has 1 amide bonds. The van der Waals surface area contributed by atoms with Gasteiger partial charge in [0.25, 0.3) is 11.5 Å². The van der Waals surface area contributed by atoms with Gasteiger partial charge in [-0.1, -0.05) is 64.5 Å². The van der Waals surface area contributed by atoms with Gasteiger partial charge in [-0.2, -0.15) is 9.50 Å². The summed E-state index contributed by atoms with van der Waals surface area (Å²) in [6.45, 7) is 2.64. The molecule has 0 bridgehead atoms. The van der Waals surface area contributed by atoms with Gasteiger partial charge in [0.1, 0.15) is 4.53 Å². The van der Waals surface area contributed by atoms with Crippen LogP contribution in [0.1, 0.15) is 18.9 Å². The number of fused-ring (bicyclic) bond motifs is 2. The predicted molar refractivity (Wildman–Crippen MR) is 117 cm³/mol. The van der Waals surface area contributed by atoms with Crippen LogP contribution in [0.25, 0.3) is 21.9 Å². The van der Waals surface area contributed by atoms with E-state index in [1.54, 1.807) is 4.90 Å². The fraction of sp³-hybridized carbons (Fsp3) is 0.143. The van der Waals surface area contributed by atoms with Crippen LogP contribution >= 0.6 is 27.3 Å². The molecule has 0 atom stereocenters. The van der Waals surface area contributed by atoms with Crippen molar-refractivity contribution in [1.82, 2.24) is 14.6 Å². The number of amides is 1. The molecule has 4 aromatic rings. The Morgan fingerprint density at radius 3 is 2.48 bits per heavy atom. The summed E-state index contributed by atoms with van der Waals surface area (Å²) in [5.74, 6) is 0.337. The monoisotopic (exact) mass is 466 g/mol. The van der Waals surface area contributed by atoms with Gasteiger partial charge in [-0.15, -0.1) is 5.10 Å². The standard InChI is InChI=1S/C21H15BrN4O2S/c1-2-11-25-15-10-6-4-8-13(15)16(19(25)27)17-20(28)26-21(29-17)23-18(24-26)12-7-3-5-9-14(12)22/h3-10H,2,11H2,1H3/b17-16-. The van der Waals surface area contributed by atoms with Crippen molar-refractivity contribution in [2.45, 2.75) is 13.3 Å². The SMILES string of the molecule is CCCN1C(=O)/C(=c2\sc3nc(-c4ccccc4Br)nn3c2=O)c2ccccc21. The number of anilines is 1. The van der Waals surface area contributed by atoms with Crippen molar-refractivity contribution in [3.05, 3.63) is 73.5 Å². The largest absolute Gasteiger partial charge is 0.308 e. The number of hydrogen-bond acceptors (Lipinski definition) is 5. The predicted octanol–water partition coefficient (Wildman–Crippen LogP) is 3.26. The topological polar surface area (TPSA) is 67.6 Å². The van der Waals surface area contributed by atoms with Gasteiger partial charge in [0.15, 0.2) is 5.82 Å². The summed E-state index contributed by atoms with van der Waals surface area (Å²) in [6, 6.07) is 15.2. The third kappa shape index (κ3) is 2.74. The lowest BCUT2D eigenvalue weighted by molar-refractivity contribution is -0.113. The van der Waals surface area contributed by atoms with Crippen LogP contribution in [-0.4, -0.2) is 27.0 Å². The third-order valence-corrected chi connectivity index (χ3v) is 6.59. The number of halogens is 1. The average molecular weight is 467 g/mol. The van der Waals surface area contributed by atoms with E-state index < -0.39 is 0 Å². The molecular weight excluding hydrogens is 452 g/mol. The van der Waals surface area contributed by atoms with Crippen LogP contribution in [0.3, 0.4) is 0 Å². The number of thiazole rings is 1. The molecule has 3 heterocycles. The van der Waals surface area contributed by atoms with Gasteiger partial charge < -0.3 is 4.90 Å². The molecule has 0 N–H and O–H groups in total. The van der Waals surface area contributed by atoms with Crippen LogP contribution in [-0.2, 0) is 4.79 Å². The highest BCUT2D eigenvalue weighted by atomic mass is 79.9. The summed E-state index contributed by atoms with van der Waals surface area (Å²) in [5, 5.41) is 4.41.